The predicted octanol–water partition coefficient (Wildman–Crippen LogP) is 2.37. The molecule has 1 rings (SSSR count). The lowest BCUT2D eigenvalue weighted by Gasteiger charge is -2.00. The standard InChI is InChI=1S/C7H6BrNO3/c1-4-6(8)2-5(10)3-7(4)9(11)12/h2-3,10H,1H3. The molecule has 0 bridgehead atoms. The van der Waals surface area contributed by atoms with Crippen LogP contribution in [0.15, 0.2) is 16.6 Å². The van der Waals surface area contributed by atoms with E-state index in [4.69, 9.17) is 5.11 Å². The van der Waals surface area contributed by atoms with Crippen molar-refractivity contribution in [3.63, 3.8) is 0 Å². The number of phenols is 1. The molecule has 0 aliphatic carbocycles. The number of phenolic OH excluding ortho intramolecular Hbond substituents is 1. The third-order valence-electron chi connectivity index (χ3n) is 1.50. The molecule has 0 aliphatic rings. The molecular weight excluding hydrogens is 226 g/mol. The minimum absolute atomic E-state index is 0.0816. The van der Waals surface area contributed by atoms with E-state index in [9.17, 15) is 10.1 Å². The van der Waals surface area contributed by atoms with Gasteiger partial charge >= 0.3 is 0 Å². The lowest BCUT2D eigenvalue weighted by atomic mass is 10.2. The van der Waals surface area contributed by atoms with E-state index < -0.39 is 4.92 Å². The highest BCUT2D eigenvalue weighted by molar-refractivity contribution is 9.10. The third-order valence-corrected chi connectivity index (χ3v) is 2.32. The van der Waals surface area contributed by atoms with Crippen molar-refractivity contribution >= 4 is 21.6 Å². The molecule has 0 spiro atoms. The highest BCUT2D eigenvalue weighted by Gasteiger charge is 2.14. The molecule has 5 heteroatoms. The molecule has 0 atom stereocenters. The fourth-order valence-corrected chi connectivity index (χ4v) is 1.28. The van der Waals surface area contributed by atoms with Gasteiger partial charge in [0.15, 0.2) is 0 Å². The van der Waals surface area contributed by atoms with Crippen LogP contribution in [0.4, 0.5) is 5.69 Å². The van der Waals surface area contributed by atoms with Gasteiger partial charge in [0, 0.05) is 10.0 Å². The zero-order valence-electron chi connectivity index (χ0n) is 6.24. The van der Waals surface area contributed by atoms with Gasteiger partial charge in [-0.25, -0.2) is 0 Å². The first kappa shape index (κ1) is 8.99. The number of hydrogen-bond donors (Lipinski definition) is 1. The highest BCUT2D eigenvalue weighted by Crippen LogP contribution is 2.30. The van der Waals surface area contributed by atoms with E-state index in [0.717, 1.165) is 6.07 Å². The number of nitrogens with zero attached hydrogens (tertiary/aromatic N) is 1. The van der Waals surface area contributed by atoms with Crippen molar-refractivity contribution in [1.82, 2.24) is 0 Å². The van der Waals surface area contributed by atoms with Crippen LogP contribution in [0.5, 0.6) is 5.75 Å². The maximum atomic E-state index is 10.4. The van der Waals surface area contributed by atoms with Gasteiger partial charge in [-0.1, -0.05) is 15.9 Å². The van der Waals surface area contributed by atoms with Gasteiger partial charge in [-0.15, -0.1) is 0 Å². The number of hydrogen-bond acceptors (Lipinski definition) is 3. The molecule has 0 aromatic heterocycles. The number of halogens is 1. The van der Waals surface area contributed by atoms with Crippen LogP contribution in [0, 0.1) is 17.0 Å². The minimum Gasteiger partial charge on any atom is -0.508 e. The Morgan fingerprint density at radius 3 is 2.67 bits per heavy atom. The Labute approximate surface area is 77.1 Å². The second-order valence-electron chi connectivity index (χ2n) is 2.33. The summed E-state index contributed by atoms with van der Waals surface area (Å²) in [6, 6.07) is 2.54. The second kappa shape index (κ2) is 3.10. The molecule has 1 N–H and O–H groups in total. The minimum atomic E-state index is -0.528. The Hall–Kier alpha value is -1.10. The Morgan fingerprint density at radius 1 is 1.58 bits per heavy atom. The van der Waals surface area contributed by atoms with Crippen LogP contribution in [0.25, 0.3) is 0 Å². The normalized spacial score (nSPS) is 9.83. The van der Waals surface area contributed by atoms with Gasteiger partial charge in [-0.3, -0.25) is 10.1 Å². The molecule has 0 radical (unpaired) electrons. The Kier molecular flexibility index (Phi) is 2.32. The smallest absolute Gasteiger partial charge is 0.277 e. The first-order chi connectivity index (χ1) is 5.52. The first-order valence-corrected chi connectivity index (χ1v) is 3.95. The summed E-state index contributed by atoms with van der Waals surface area (Å²) in [7, 11) is 0. The van der Waals surface area contributed by atoms with Crippen molar-refractivity contribution in [3.8, 4) is 5.75 Å². The number of nitro benzene ring substituents is 1. The van der Waals surface area contributed by atoms with Crippen LogP contribution in [0.2, 0.25) is 0 Å². The summed E-state index contributed by atoms with van der Waals surface area (Å²) in [5.41, 5.74) is 0.430. The van der Waals surface area contributed by atoms with Gasteiger partial charge < -0.3 is 5.11 Å². The predicted molar refractivity (Wildman–Crippen MR) is 47.2 cm³/mol. The lowest BCUT2D eigenvalue weighted by molar-refractivity contribution is -0.385. The van der Waals surface area contributed by atoms with E-state index in [1.807, 2.05) is 0 Å². The molecule has 1 aromatic rings. The number of benzene rings is 1. The molecule has 1 aromatic carbocycles. The van der Waals surface area contributed by atoms with Crippen molar-refractivity contribution in [2.75, 3.05) is 0 Å². The SMILES string of the molecule is Cc1c(Br)cc(O)cc1[N+](=O)[O-]. The number of aromatic hydroxyl groups is 1. The van der Waals surface area contributed by atoms with Crippen molar-refractivity contribution in [2.24, 2.45) is 0 Å². The molecule has 0 heterocycles. The summed E-state index contributed by atoms with van der Waals surface area (Å²) < 4.78 is 0.536. The largest absolute Gasteiger partial charge is 0.508 e. The van der Waals surface area contributed by atoms with E-state index in [-0.39, 0.29) is 11.4 Å². The van der Waals surface area contributed by atoms with Crippen LogP contribution in [-0.2, 0) is 0 Å². The molecular formula is C7H6BrNO3. The van der Waals surface area contributed by atoms with Crippen LogP contribution in [0.1, 0.15) is 5.56 Å². The Morgan fingerprint density at radius 2 is 2.17 bits per heavy atom. The van der Waals surface area contributed by atoms with Gasteiger partial charge in [0.1, 0.15) is 5.75 Å². The molecule has 0 fully saturated rings. The zero-order chi connectivity index (χ0) is 9.30. The average molecular weight is 232 g/mol. The van der Waals surface area contributed by atoms with Gasteiger partial charge in [0.05, 0.1) is 11.0 Å². The van der Waals surface area contributed by atoms with Crippen molar-refractivity contribution < 1.29 is 10.0 Å². The van der Waals surface area contributed by atoms with E-state index in [1.54, 1.807) is 6.92 Å². The van der Waals surface area contributed by atoms with Crippen LogP contribution >= 0.6 is 15.9 Å². The van der Waals surface area contributed by atoms with E-state index in [1.165, 1.54) is 6.07 Å². The molecule has 64 valence electrons. The topological polar surface area (TPSA) is 63.4 Å². The van der Waals surface area contributed by atoms with Crippen molar-refractivity contribution in [2.45, 2.75) is 6.92 Å². The average Bonchev–Trinajstić information content (AvgIpc) is 1.96. The first-order valence-electron chi connectivity index (χ1n) is 3.16. The zero-order valence-corrected chi connectivity index (χ0v) is 7.83. The number of nitro groups is 1. The van der Waals surface area contributed by atoms with E-state index >= 15 is 0 Å². The Balaban J connectivity index is 3.37. The summed E-state index contributed by atoms with van der Waals surface area (Å²) in [6.45, 7) is 1.61. The fourth-order valence-electron chi connectivity index (χ4n) is 0.840. The molecule has 0 amide bonds. The van der Waals surface area contributed by atoms with Crippen molar-refractivity contribution in [1.29, 1.82) is 0 Å². The van der Waals surface area contributed by atoms with E-state index in [0.29, 0.717) is 10.0 Å². The summed E-state index contributed by atoms with van der Waals surface area (Å²) in [5, 5.41) is 19.4. The lowest BCUT2D eigenvalue weighted by Crippen LogP contribution is -1.91. The van der Waals surface area contributed by atoms with E-state index in [2.05, 4.69) is 15.9 Å². The summed E-state index contributed by atoms with van der Waals surface area (Å²) >= 11 is 3.10. The van der Waals surface area contributed by atoms with Gasteiger partial charge in [0.2, 0.25) is 0 Å². The maximum absolute atomic E-state index is 10.4. The Bertz CT molecular complexity index is 338. The molecule has 0 unspecified atom stereocenters. The van der Waals surface area contributed by atoms with Crippen molar-refractivity contribution in [3.05, 3.63) is 32.3 Å². The second-order valence-corrected chi connectivity index (χ2v) is 3.18. The highest BCUT2D eigenvalue weighted by atomic mass is 79.9. The summed E-state index contributed by atoms with van der Waals surface area (Å²) in [4.78, 5) is 9.87. The molecule has 0 saturated carbocycles. The monoisotopic (exact) mass is 231 g/mol. The number of rotatable bonds is 1. The van der Waals surface area contributed by atoms with Gasteiger partial charge in [-0.05, 0) is 13.0 Å². The maximum Gasteiger partial charge on any atom is 0.277 e. The summed E-state index contributed by atoms with van der Waals surface area (Å²) in [6.07, 6.45) is 0. The van der Waals surface area contributed by atoms with Crippen LogP contribution < -0.4 is 0 Å². The molecule has 0 aliphatic heterocycles. The van der Waals surface area contributed by atoms with Gasteiger partial charge in [-0.2, -0.15) is 0 Å². The summed E-state index contributed by atoms with van der Waals surface area (Å²) in [5.74, 6) is -0.112. The molecule has 0 saturated heterocycles. The quantitative estimate of drug-likeness (QED) is 0.597. The fraction of sp³-hybridized carbons (Fsp3) is 0.143. The van der Waals surface area contributed by atoms with Crippen LogP contribution in [-0.4, -0.2) is 10.0 Å². The third kappa shape index (κ3) is 1.55. The van der Waals surface area contributed by atoms with Gasteiger partial charge in [0.25, 0.3) is 5.69 Å². The van der Waals surface area contributed by atoms with Crippen LogP contribution in [0.3, 0.4) is 0 Å². The molecule has 4 nitrogen and oxygen atoms in total. The molecule has 12 heavy (non-hydrogen) atoms.